The van der Waals surface area contributed by atoms with Crippen molar-refractivity contribution in [2.75, 3.05) is 26.4 Å². The van der Waals surface area contributed by atoms with Crippen LogP contribution in [0.25, 0.3) is 0 Å². The number of nitrogens with zero attached hydrogens (tertiary/aromatic N) is 1. The van der Waals surface area contributed by atoms with Gasteiger partial charge in [0.15, 0.2) is 5.78 Å². The zero-order valence-electron chi connectivity index (χ0n) is 8.77. The van der Waals surface area contributed by atoms with Crippen LogP contribution in [0.2, 0.25) is 0 Å². The molecular formula is C10H15NO4. The molecule has 0 bridgehead atoms. The summed E-state index contributed by atoms with van der Waals surface area (Å²) in [4.78, 5) is 24.2. The van der Waals surface area contributed by atoms with Gasteiger partial charge in [-0.25, -0.2) is 4.79 Å². The van der Waals surface area contributed by atoms with Crippen molar-refractivity contribution in [3.05, 3.63) is 12.7 Å². The van der Waals surface area contributed by atoms with Gasteiger partial charge in [-0.1, -0.05) is 12.7 Å². The first-order chi connectivity index (χ1) is 7.16. The predicted octanol–water partition coefficient (Wildman–Crippen LogP) is 0.599. The highest BCUT2D eigenvalue weighted by Crippen LogP contribution is 2.09. The standard InChI is InChI=1S/C10H15NO4/c1-3-5-15-10(13)11-4-6-14-7-9(11)8(2)12/h3,9H,1,4-7H2,2H3/t9-/m0/s1. The van der Waals surface area contributed by atoms with E-state index >= 15 is 0 Å². The van der Waals surface area contributed by atoms with E-state index in [0.717, 1.165) is 0 Å². The first-order valence-corrected chi connectivity index (χ1v) is 4.79. The minimum Gasteiger partial charge on any atom is -0.445 e. The van der Waals surface area contributed by atoms with Crippen LogP contribution in [-0.4, -0.2) is 49.2 Å². The van der Waals surface area contributed by atoms with Gasteiger partial charge < -0.3 is 9.47 Å². The molecule has 5 heteroatoms. The fourth-order valence-corrected chi connectivity index (χ4v) is 1.37. The Bertz CT molecular complexity index is 264. The molecule has 0 aromatic heterocycles. The van der Waals surface area contributed by atoms with Crippen molar-refractivity contribution in [2.45, 2.75) is 13.0 Å². The molecule has 0 aromatic carbocycles. The SMILES string of the molecule is C=CCOC(=O)N1CCOC[C@H]1C(C)=O. The van der Waals surface area contributed by atoms with Crippen LogP contribution in [0.15, 0.2) is 12.7 Å². The summed E-state index contributed by atoms with van der Waals surface area (Å²) < 4.78 is 10.0. The summed E-state index contributed by atoms with van der Waals surface area (Å²) in [6.45, 7) is 6.11. The zero-order valence-corrected chi connectivity index (χ0v) is 8.77. The highest BCUT2D eigenvalue weighted by atomic mass is 16.6. The highest BCUT2D eigenvalue weighted by molar-refractivity contribution is 5.85. The summed E-state index contributed by atoms with van der Waals surface area (Å²) in [5.74, 6) is -0.0924. The van der Waals surface area contributed by atoms with Crippen molar-refractivity contribution in [1.82, 2.24) is 4.90 Å². The topological polar surface area (TPSA) is 55.8 Å². The van der Waals surface area contributed by atoms with Gasteiger partial charge in [-0.3, -0.25) is 9.69 Å². The molecule has 15 heavy (non-hydrogen) atoms. The lowest BCUT2D eigenvalue weighted by Gasteiger charge is -2.32. The van der Waals surface area contributed by atoms with Crippen molar-refractivity contribution in [3.63, 3.8) is 0 Å². The van der Waals surface area contributed by atoms with E-state index in [1.807, 2.05) is 0 Å². The van der Waals surface area contributed by atoms with Gasteiger partial charge in [-0.05, 0) is 6.92 Å². The maximum atomic E-state index is 11.5. The molecule has 0 aliphatic carbocycles. The molecule has 84 valence electrons. The Kier molecular flexibility index (Phi) is 4.30. The number of ether oxygens (including phenoxy) is 2. The smallest absolute Gasteiger partial charge is 0.410 e. The molecule has 1 aliphatic rings. The quantitative estimate of drug-likeness (QED) is 0.644. The van der Waals surface area contributed by atoms with Crippen LogP contribution in [-0.2, 0) is 14.3 Å². The van der Waals surface area contributed by atoms with Crippen molar-refractivity contribution < 1.29 is 19.1 Å². The molecule has 1 amide bonds. The Balaban J connectivity index is 2.58. The van der Waals surface area contributed by atoms with Gasteiger partial charge in [-0.2, -0.15) is 0 Å². The van der Waals surface area contributed by atoms with Gasteiger partial charge in [0, 0.05) is 6.54 Å². The Morgan fingerprint density at radius 1 is 1.67 bits per heavy atom. The van der Waals surface area contributed by atoms with E-state index in [4.69, 9.17) is 9.47 Å². The summed E-state index contributed by atoms with van der Waals surface area (Å²) in [5.41, 5.74) is 0. The molecule has 1 heterocycles. The Morgan fingerprint density at radius 2 is 2.40 bits per heavy atom. The van der Waals surface area contributed by atoms with Crippen molar-refractivity contribution >= 4 is 11.9 Å². The molecule has 5 nitrogen and oxygen atoms in total. The molecule has 1 saturated heterocycles. The minimum atomic E-state index is -0.518. The van der Waals surface area contributed by atoms with Gasteiger partial charge in [0.1, 0.15) is 12.6 Å². The summed E-state index contributed by atoms with van der Waals surface area (Å²) in [7, 11) is 0. The number of hydrogen-bond acceptors (Lipinski definition) is 4. The molecule has 0 unspecified atom stereocenters. The molecule has 0 radical (unpaired) electrons. The summed E-state index contributed by atoms with van der Waals surface area (Å²) >= 11 is 0. The first-order valence-electron chi connectivity index (χ1n) is 4.79. The Labute approximate surface area is 88.6 Å². The van der Waals surface area contributed by atoms with Gasteiger partial charge >= 0.3 is 6.09 Å². The van der Waals surface area contributed by atoms with Crippen LogP contribution in [0, 0.1) is 0 Å². The molecule has 1 rings (SSSR count). The number of Topliss-reactive ketones (excluding diaryl/α,β-unsaturated/α-hetero) is 1. The second kappa shape index (κ2) is 5.50. The monoisotopic (exact) mass is 213 g/mol. The van der Waals surface area contributed by atoms with Crippen LogP contribution in [0.3, 0.4) is 0 Å². The van der Waals surface area contributed by atoms with Crippen molar-refractivity contribution in [3.8, 4) is 0 Å². The molecule has 1 fully saturated rings. The molecule has 1 aliphatic heterocycles. The fraction of sp³-hybridized carbons (Fsp3) is 0.600. The summed E-state index contributed by atoms with van der Waals surface area (Å²) in [6.07, 6.45) is 1.000. The van der Waals surface area contributed by atoms with Crippen LogP contribution >= 0.6 is 0 Å². The van der Waals surface area contributed by atoms with Crippen LogP contribution < -0.4 is 0 Å². The maximum absolute atomic E-state index is 11.5. The van der Waals surface area contributed by atoms with Gasteiger partial charge in [0.05, 0.1) is 13.2 Å². The largest absolute Gasteiger partial charge is 0.445 e. The average Bonchev–Trinajstić information content (AvgIpc) is 2.25. The van der Waals surface area contributed by atoms with Crippen LogP contribution in [0.5, 0.6) is 0 Å². The number of morpholine rings is 1. The van der Waals surface area contributed by atoms with Crippen LogP contribution in [0.4, 0.5) is 4.79 Å². The van der Waals surface area contributed by atoms with E-state index in [0.29, 0.717) is 13.2 Å². The molecule has 0 aromatic rings. The molecule has 0 saturated carbocycles. The molecule has 0 spiro atoms. The third kappa shape index (κ3) is 3.06. The third-order valence-corrected chi connectivity index (χ3v) is 2.16. The first kappa shape index (κ1) is 11.7. The van der Waals surface area contributed by atoms with Crippen LogP contribution in [0.1, 0.15) is 6.92 Å². The second-order valence-electron chi connectivity index (χ2n) is 3.26. The maximum Gasteiger partial charge on any atom is 0.410 e. The van der Waals surface area contributed by atoms with E-state index in [2.05, 4.69) is 6.58 Å². The van der Waals surface area contributed by atoms with E-state index in [9.17, 15) is 9.59 Å². The van der Waals surface area contributed by atoms with Gasteiger partial charge in [0.2, 0.25) is 0 Å². The fourth-order valence-electron chi connectivity index (χ4n) is 1.37. The summed E-state index contributed by atoms with van der Waals surface area (Å²) in [6, 6.07) is -0.518. The molecule has 1 atom stereocenters. The van der Waals surface area contributed by atoms with E-state index in [1.165, 1.54) is 17.9 Å². The van der Waals surface area contributed by atoms with Gasteiger partial charge in [-0.15, -0.1) is 0 Å². The predicted molar refractivity (Wildman–Crippen MR) is 53.5 cm³/mol. The number of amides is 1. The highest BCUT2D eigenvalue weighted by Gasteiger charge is 2.31. The molecule has 0 N–H and O–H groups in total. The average molecular weight is 213 g/mol. The number of carbonyl (C=O) groups is 2. The third-order valence-electron chi connectivity index (χ3n) is 2.16. The number of rotatable bonds is 3. The zero-order chi connectivity index (χ0) is 11.3. The molecular weight excluding hydrogens is 198 g/mol. The lowest BCUT2D eigenvalue weighted by molar-refractivity contribution is -0.127. The van der Waals surface area contributed by atoms with Crippen molar-refractivity contribution in [1.29, 1.82) is 0 Å². The summed E-state index contributed by atoms with van der Waals surface area (Å²) in [5, 5.41) is 0. The van der Waals surface area contributed by atoms with E-state index in [-0.39, 0.29) is 19.0 Å². The van der Waals surface area contributed by atoms with Gasteiger partial charge in [0.25, 0.3) is 0 Å². The number of carbonyl (C=O) groups excluding carboxylic acids is 2. The Hall–Kier alpha value is -1.36. The van der Waals surface area contributed by atoms with Crippen molar-refractivity contribution in [2.24, 2.45) is 0 Å². The van der Waals surface area contributed by atoms with E-state index < -0.39 is 12.1 Å². The minimum absolute atomic E-state index is 0.0924. The Morgan fingerprint density at radius 3 is 3.00 bits per heavy atom. The number of hydrogen-bond donors (Lipinski definition) is 0. The second-order valence-corrected chi connectivity index (χ2v) is 3.26. The van der Waals surface area contributed by atoms with E-state index in [1.54, 1.807) is 0 Å². The lowest BCUT2D eigenvalue weighted by Crippen LogP contribution is -2.52. The number of ketones is 1. The normalized spacial score (nSPS) is 20.9. The lowest BCUT2D eigenvalue weighted by atomic mass is 10.2.